The molecule has 22 heavy (non-hydrogen) atoms. The van der Waals surface area contributed by atoms with Crippen molar-refractivity contribution in [2.75, 3.05) is 25.6 Å². The van der Waals surface area contributed by atoms with Gasteiger partial charge in [0, 0.05) is 12.8 Å². The Morgan fingerprint density at radius 3 is 3.09 bits per heavy atom. The van der Waals surface area contributed by atoms with E-state index in [1.54, 1.807) is 26.2 Å². The lowest BCUT2D eigenvalue weighted by Gasteiger charge is -2.25. The van der Waals surface area contributed by atoms with E-state index in [0.29, 0.717) is 29.6 Å². The number of hydrogen-bond donors (Lipinski definition) is 1. The molecule has 1 aliphatic rings. The van der Waals surface area contributed by atoms with Gasteiger partial charge in [-0.15, -0.1) is 0 Å². The summed E-state index contributed by atoms with van der Waals surface area (Å²) in [6, 6.07) is 2.93. The van der Waals surface area contributed by atoms with Crippen LogP contribution in [-0.4, -0.2) is 46.5 Å². The number of fused-ring (bicyclic) bond motifs is 1. The standard InChI is InChI=1S/C13H15N5O4/c1-8-10(12(19)22-7-6-20-2)11(9-4-3-5-21-9)18-13(14-8)15-16-17-18/h3-5,11H,6-7H2,1-2H3,(H,14,15,17)/t11-/m0/s1. The Morgan fingerprint density at radius 1 is 1.50 bits per heavy atom. The molecule has 3 rings (SSSR count). The number of nitrogens with zero attached hydrogens (tertiary/aromatic N) is 4. The van der Waals surface area contributed by atoms with E-state index in [1.807, 2.05) is 0 Å². The molecule has 0 spiro atoms. The van der Waals surface area contributed by atoms with Gasteiger partial charge in [0.2, 0.25) is 5.95 Å². The number of carbonyl (C=O) groups is 1. The summed E-state index contributed by atoms with van der Waals surface area (Å²) in [4.78, 5) is 12.4. The third-order valence-corrected chi connectivity index (χ3v) is 3.27. The van der Waals surface area contributed by atoms with E-state index in [2.05, 4.69) is 20.8 Å². The van der Waals surface area contributed by atoms with Crippen LogP contribution in [-0.2, 0) is 14.3 Å². The smallest absolute Gasteiger partial charge is 0.338 e. The van der Waals surface area contributed by atoms with Crippen molar-refractivity contribution in [3.63, 3.8) is 0 Å². The summed E-state index contributed by atoms with van der Waals surface area (Å²) in [5.41, 5.74) is 1.01. The Balaban J connectivity index is 1.96. The fraction of sp³-hybridized carbons (Fsp3) is 0.385. The zero-order chi connectivity index (χ0) is 15.5. The maximum Gasteiger partial charge on any atom is 0.338 e. The second kappa shape index (κ2) is 5.98. The van der Waals surface area contributed by atoms with Gasteiger partial charge in [0.25, 0.3) is 0 Å². The van der Waals surface area contributed by atoms with Crippen LogP contribution in [0.1, 0.15) is 18.7 Å². The Kier molecular flexibility index (Phi) is 3.88. The Hall–Kier alpha value is -2.68. The van der Waals surface area contributed by atoms with E-state index >= 15 is 0 Å². The number of nitrogens with one attached hydrogen (secondary N) is 1. The fourth-order valence-corrected chi connectivity index (χ4v) is 2.28. The predicted octanol–water partition coefficient (Wildman–Crippen LogP) is 0.745. The molecule has 1 atom stereocenters. The molecule has 1 aliphatic heterocycles. The first-order valence-electron chi connectivity index (χ1n) is 6.67. The van der Waals surface area contributed by atoms with Crippen LogP contribution >= 0.6 is 0 Å². The first kappa shape index (κ1) is 14.3. The molecule has 2 aromatic heterocycles. The van der Waals surface area contributed by atoms with E-state index < -0.39 is 12.0 Å². The molecule has 9 nitrogen and oxygen atoms in total. The van der Waals surface area contributed by atoms with Crippen LogP contribution in [0.4, 0.5) is 5.95 Å². The average molecular weight is 305 g/mol. The molecule has 0 unspecified atom stereocenters. The molecular weight excluding hydrogens is 290 g/mol. The Bertz CT molecular complexity index is 691. The van der Waals surface area contributed by atoms with Gasteiger partial charge in [-0.05, 0) is 29.5 Å². The summed E-state index contributed by atoms with van der Waals surface area (Å²) in [6.07, 6.45) is 1.53. The zero-order valence-corrected chi connectivity index (χ0v) is 12.1. The number of anilines is 1. The van der Waals surface area contributed by atoms with Crippen LogP contribution in [0.2, 0.25) is 0 Å². The van der Waals surface area contributed by atoms with Gasteiger partial charge in [0.1, 0.15) is 18.4 Å². The van der Waals surface area contributed by atoms with Crippen molar-refractivity contribution in [2.45, 2.75) is 13.0 Å². The van der Waals surface area contributed by atoms with Gasteiger partial charge in [0.15, 0.2) is 0 Å². The predicted molar refractivity (Wildman–Crippen MR) is 73.8 cm³/mol. The first-order valence-corrected chi connectivity index (χ1v) is 6.67. The van der Waals surface area contributed by atoms with E-state index in [1.165, 1.54) is 10.9 Å². The van der Waals surface area contributed by atoms with Gasteiger partial charge in [-0.1, -0.05) is 5.10 Å². The number of ether oxygens (including phenoxy) is 2. The van der Waals surface area contributed by atoms with Gasteiger partial charge in [-0.25, -0.2) is 4.79 Å². The van der Waals surface area contributed by atoms with Crippen LogP contribution in [0.15, 0.2) is 34.1 Å². The minimum absolute atomic E-state index is 0.166. The maximum atomic E-state index is 12.4. The number of allylic oxidation sites excluding steroid dienone is 1. The lowest BCUT2D eigenvalue weighted by molar-refractivity contribution is -0.140. The number of aromatic nitrogens is 4. The van der Waals surface area contributed by atoms with E-state index in [9.17, 15) is 4.79 Å². The number of tetrazole rings is 1. The van der Waals surface area contributed by atoms with Crippen LogP contribution in [0, 0.1) is 0 Å². The zero-order valence-electron chi connectivity index (χ0n) is 12.1. The van der Waals surface area contributed by atoms with Crippen molar-refractivity contribution in [1.82, 2.24) is 20.2 Å². The quantitative estimate of drug-likeness (QED) is 0.637. The summed E-state index contributed by atoms with van der Waals surface area (Å²) < 4.78 is 17.0. The highest BCUT2D eigenvalue weighted by Crippen LogP contribution is 2.34. The second-order valence-electron chi connectivity index (χ2n) is 4.66. The minimum Gasteiger partial charge on any atom is -0.467 e. The van der Waals surface area contributed by atoms with Crippen molar-refractivity contribution < 1.29 is 18.7 Å². The van der Waals surface area contributed by atoms with Gasteiger partial charge < -0.3 is 19.2 Å². The van der Waals surface area contributed by atoms with Crippen molar-refractivity contribution in [2.24, 2.45) is 0 Å². The number of esters is 1. The molecular formula is C13H15N5O4. The summed E-state index contributed by atoms with van der Waals surface area (Å²) in [5, 5.41) is 14.4. The molecule has 0 bridgehead atoms. The van der Waals surface area contributed by atoms with Crippen molar-refractivity contribution in [1.29, 1.82) is 0 Å². The number of carbonyl (C=O) groups excluding carboxylic acids is 1. The van der Waals surface area contributed by atoms with Crippen molar-refractivity contribution >= 4 is 11.9 Å². The largest absolute Gasteiger partial charge is 0.467 e. The molecule has 9 heteroatoms. The van der Waals surface area contributed by atoms with Gasteiger partial charge in [-0.3, -0.25) is 0 Å². The third-order valence-electron chi connectivity index (χ3n) is 3.27. The summed E-state index contributed by atoms with van der Waals surface area (Å²) in [6.45, 7) is 2.26. The van der Waals surface area contributed by atoms with Crippen LogP contribution in [0.5, 0.6) is 0 Å². The molecule has 0 aromatic carbocycles. The van der Waals surface area contributed by atoms with Crippen LogP contribution in [0.3, 0.4) is 0 Å². The Labute approximate surface area is 125 Å². The summed E-state index contributed by atoms with van der Waals surface area (Å²) in [7, 11) is 1.54. The number of furan rings is 1. The molecule has 3 heterocycles. The molecule has 116 valence electrons. The highest BCUT2D eigenvalue weighted by molar-refractivity contribution is 5.92. The summed E-state index contributed by atoms with van der Waals surface area (Å²) >= 11 is 0. The Morgan fingerprint density at radius 2 is 2.36 bits per heavy atom. The minimum atomic E-state index is -0.573. The second-order valence-corrected chi connectivity index (χ2v) is 4.66. The molecule has 0 saturated heterocycles. The molecule has 1 N–H and O–H groups in total. The molecule has 0 saturated carbocycles. The van der Waals surface area contributed by atoms with E-state index in [0.717, 1.165) is 0 Å². The van der Waals surface area contributed by atoms with Gasteiger partial charge in [-0.2, -0.15) is 4.68 Å². The number of rotatable bonds is 5. The average Bonchev–Trinajstić information content (AvgIpc) is 3.16. The normalized spacial score (nSPS) is 17.1. The van der Waals surface area contributed by atoms with Crippen molar-refractivity contribution in [3.05, 3.63) is 35.4 Å². The summed E-state index contributed by atoms with van der Waals surface area (Å²) in [5.74, 6) is 0.519. The molecule has 0 fully saturated rings. The fourth-order valence-electron chi connectivity index (χ4n) is 2.28. The lowest BCUT2D eigenvalue weighted by Crippen LogP contribution is -2.29. The van der Waals surface area contributed by atoms with E-state index in [-0.39, 0.29) is 6.61 Å². The molecule has 2 aromatic rings. The highest BCUT2D eigenvalue weighted by atomic mass is 16.6. The van der Waals surface area contributed by atoms with Crippen LogP contribution < -0.4 is 5.32 Å². The third kappa shape index (κ3) is 2.46. The van der Waals surface area contributed by atoms with E-state index in [4.69, 9.17) is 13.9 Å². The topological polar surface area (TPSA) is 104 Å². The molecule has 0 radical (unpaired) electrons. The maximum absolute atomic E-state index is 12.4. The SMILES string of the molecule is COCCOC(=O)C1=C(C)Nc2nnnn2[C@H]1c1ccco1. The van der Waals surface area contributed by atoms with Crippen molar-refractivity contribution in [3.8, 4) is 0 Å². The van der Waals surface area contributed by atoms with Gasteiger partial charge >= 0.3 is 5.97 Å². The number of hydrogen-bond acceptors (Lipinski definition) is 8. The molecule has 0 aliphatic carbocycles. The van der Waals surface area contributed by atoms with Crippen LogP contribution in [0.25, 0.3) is 0 Å². The monoisotopic (exact) mass is 305 g/mol. The highest BCUT2D eigenvalue weighted by Gasteiger charge is 2.36. The first-order chi connectivity index (χ1) is 10.7. The molecule has 0 amide bonds. The lowest BCUT2D eigenvalue weighted by atomic mass is 10.0. The number of methoxy groups -OCH3 is 1. The van der Waals surface area contributed by atoms with Gasteiger partial charge in [0.05, 0.1) is 18.4 Å².